The van der Waals surface area contributed by atoms with E-state index in [2.05, 4.69) is 4.98 Å². The number of rotatable bonds is 3. The number of carboxylic acid groups (broad SMARTS) is 1. The number of carbonyl (C=O) groups is 1. The van der Waals surface area contributed by atoms with Gasteiger partial charge >= 0.3 is 5.97 Å². The highest BCUT2D eigenvalue weighted by Crippen LogP contribution is 2.26. The summed E-state index contributed by atoms with van der Waals surface area (Å²) in [7, 11) is 1.95. The number of aromatic carboxylic acids is 1. The largest absolute Gasteiger partial charge is 0.478 e. The molecule has 0 aromatic carbocycles. The lowest BCUT2D eigenvalue weighted by Gasteiger charge is -2.32. The average molecular weight is 234 g/mol. The lowest BCUT2D eigenvalue weighted by atomic mass is 9.94. The van der Waals surface area contributed by atoms with E-state index in [1.54, 1.807) is 18.3 Å². The van der Waals surface area contributed by atoms with Crippen LogP contribution in [0.1, 0.15) is 42.5 Å². The molecule has 4 nitrogen and oxygen atoms in total. The van der Waals surface area contributed by atoms with Gasteiger partial charge in [-0.25, -0.2) is 9.78 Å². The van der Waals surface area contributed by atoms with Crippen LogP contribution in [0.25, 0.3) is 0 Å². The second-order valence-corrected chi connectivity index (χ2v) is 4.58. The third-order valence-electron chi connectivity index (χ3n) is 3.47. The third kappa shape index (κ3) is 2.57. The van der Waals surface area contributed by atoms with Crippen molar-refractivity contribution < 1.29 is 9.90 Å². The van der Waals surface area contributed by atoms with E-state index in [0.29, 0.717) is 17.4 Å². The first-order valence-corrected chi connectivity index (χ1v) is 6.11. The number of carboxylic acids is 1. The molecule has 0 bridgehead atoms. The molecule has 1 heterocycles. The quantitative estimate of drug-likeness (QED) is 0.873. The van der Waals surface area contributed by atoms with Crippen LogP contribution in [-0.2, 0) is 0 Å². The van der Waals surface area contributed by atoms with Crippen LogP contribution < -0.4 is 4.90 Å². The maximum Gasteiger partial charge on any atom is 0.339 e. The molecule has 1 aliphatic rings. The number of hydrogen-bond acceptors (Lipinski definition) is 3. The van der Waals surface area contributed by atoms with E-state index in [1.807, 2.05) is 11.9 Å². The molecule has 1 aromatic rings. The monoisotopic (exact) mass is 234 g/mol. The minimum atomic E-state index is -0.907. The molecule has 0 unspecified atom stereocenters. The molecular weight excluding hydrogens is 216 g/mol. The van der Waals surface area contributed by atoms with Crippen molar-refractivity contribution in [1.29, 1.82) is 0 Å². The maximum absolute atomic E-state index is 11.1. The van der Waals surface area contributed by atoms with Gasteiger partial charge in [-0.05, 0) is 25.0 Å². The summed E-state index contributed by atoms with van der Waals surface area (Å²) in [6.07, 6.45) is 7.66. The molecule has 2 rings (SSSR count). The zero-order chi connectivity index (χ0) is 12.3. The molecule has 1 N–H and O–H groups in total. The smallest absolute Gasteiger partial charge is 0.339 e. The summed E-state index contributed by atoms with van der Waals surface area (Å²) in [5.74, 6) is -0.317. The van der Waals surface area contributed by atoms with Gasteiger partial charge in [0.1, 0.15) is 11.4 Å². The molecule has 0 atom stereocenters. The Balaban J connectivity index is 2.23. The summed E-state index contributed by atoms with van der Waals surface area (Å²) in [4.78, 5) is 17.4. The van der Waals surface area contributed by atoms with Crippen LogP contribution in [0.5, 0.6) is 0 Å². The van der Waals surface area contributed by atoms with Crippen LogP contribution >= 0.6 is 0 Å². The van der Waals surface area contributed by atoms with Gasteiger partial charge < -0.3 is 10.0 Å². The zero-order valence-electron chi connectivity index (χ0n) is 10.1. The van der Waals surface area contributed by atoms with E-state index < -0.39 is 5.97 Å². The molecule has 1 saturated carbocycles. The van der Waals surface area contributed by atoms with Gasteiger partial charge in [0, 0.05) is 19.3 Å². The van der Waals surface area contributed by atoms with E-state index in [4.69, 9.17) is 5.11 Å². The predicted molar refractivity (Wildman–Crippen MR) is 66.5 cm³/mol. The lowest BCUT2D eigenvalue weighted by Crippen LogP contribution is -2.35. The molecule has 0 spiro atoms. The minimum Gasteiger partial charge on any atom is -0.478 e. The number of hydrogen-bond donors (Lipinski definition) is 1. The molecule has 1 fully saturated rings. The average Bonchev–Trinajstić information content (AvgIpc) is 2.39. The van der Waals surface area contributed by atoms with Gasteiger partial charge in [-0.3, -0.25) is 0 Å². The van der Waals surface area contributed by atoms with E-state index in [1.165, 1.54) is 19.3 Å². The van der Waals surface area contributed by atoms with Crippen LogP contribution in [0.4, 0.5) is 5.82 Å². The Kier molecular flexibility index (Phi) is 3.61. The van der Waals surface area contributed by atoms with E-state index in [9.17, 15) is 4.79 Å². The van der Waals surface area contributed by atoms with Gasteiger partial charge in [-0.1, -0.05) is 19.3 Å². The SMILES string of the molecule is CN(c1ncccc1C(=O)O)C1CCCCC1. The van der Waals surface area contributed by atoms with E-state index in [0.717, 1.165) is 12.8 Å². The van der Waals surface area contributed by atoms with Crippen molar-refractivity contribution in [1.82, 2.24) is 4.98 Å². The van der Waals surface area contributed by atoms with Gasteiger partial charge in [-0.15, -0.1) is 0 Å². The van der Waals surface area contributed by atoms with Crippen molar-refractivity contribution in [2.75, 3.05) is 11.9 Å². The second kappa shape index (κ2) is 5.17. The standard InChI is InChI=1S/C13H18N2O2/c1-15(10-6-3-2-4-7-10)12-11(13(16)17)8-5-9-14-12/h5,8-10H,2-4,6-7H2,1H3,(H,16,17). The molecule has 0 amide bonds. The summed E-state index contributed by atoms with van der Waals surface area (Å²) < 4.78 is 0. The molecule has 92 valence electrons. The highest BCUT2D eigenvalue weighted by molar-refractivity contribution is 5.93. The number of pyridine rings is 1. The van der Waals surface area contributed by atoms with Crippen LogP contribution in [0.3, 0.4) is 0 Å². The van der Waals surface area contributed by atoms with Gasteiger partial charge in [0.2, 0.25) is 0 Å². The molecule has 0 aliphatic heterocycles. The van der Waals surface area contributed by atoms with Crippen LogP contribution in [-0.4, -0.2) is 29.1 Å². The number of aromatic nitrogens is 1. The Hall–Kier alpha value is -1.58. The number of anilines is 1. The highest BCUT2D eigenvalue weighted by atomic mass is 16.4. The molecular formula is C13H18N2O2. The van der Waals surface area contributed by atoms with Gasteiger partial charge in [0.05, 0.1) is 0 Å². The summed E-state index contributed by atoms with van der Waals surface area (Å²) in [5.41, 5.74) is 0.292. The van der Waals surface area contributed by atoms with Crippen LogP contribution in [0.2, 0.25) is 0 Å². The fraction of sp³-hybridized carbons (Fsp3) is 0.538. The molecule has 4 heteroatoms. The van der Waals surface area contributed by atoms with Gasteiger partial charge in [0.25, 0.3) is 0 Å². The summed E-state index contributed by atoms with van der Waals surface area (Å²) in [6, 6.07) is 3.71. The summed E-state index contributed by atoms with van der Waals surface area (Å²) in [5, 5.41) is 9.15. The van der Waals surface area contributed by atoms with Crippen molar-refractivity contribution in [3.05, 3.63) is 23.9 Å². The first kappa shape index (κ1) is 11.9. The Morgan fingerprint density at radius 3 is 2.76 bits per heavy atom. The first-order chi connectivity index (χ1) is 8.20. The fourth-order valence-electron chi connectivity index (χ4n) is 2.49. The lowest BCUT2D eigenvalue weighted by molar-refractivity contribution is 0.0697. The molecule has 1 aromatic heterocycles. The first-order valence-electron chi connectivity index (χ1n) is 6.11. The summed E-state index contributed by atoms with van der Waals surface area (Å²) in [6.45, 7) is 0. The Labute approximate surface area is 101 Å². The van der Waals surface area contributed by atoms with E-state index in [-0.39, 0.29) is 0 Å². The van der Waals surface area contributed by atoms with Crippen LogP contribution in [0, 0.1) is 0 Å². The second-order valence-electron chi connectivity index (χ2n) is 4.58. The number of nitrogens with zero attached hydrogens (tertiary/aromatic N) is 2. The maximum atomic E-state index is 11.1. The summed E-state index contributed by atoms with van der Waals surface area (Å²) >= 11 is 0. The normalized spacial score (nSPS) is 16.8. The van der Waals surface area contributed by atoms with Crippen molar-refractivity contribution >= 4 is 11.8 Å². The van der Waals surface area contributed by atoms with Crippen molar-refractivity contribution in [2.45, 2.75) is 38.1 Å². The molecule has 0 radical (unpaired) electrons. The topological polar surface area (TPSA) is 53.4 Å². The minimum absolute atomic E-state index is 0.292. The Bertz CT molecular complexity index is 400. The molecule has 1 aliphatic carbocycles. The van der Waals surface area contributed by atoms with Gasteiger partial charge in [-0.2, -0.15) is 0 Å². The zero-order valence-corrected chi connectivity index (χ0v) is 10.1. The van der Waals surface area contributed by atoms with Crippen molar-refractivity contribution in [3.8, 4) is 0 Å². The van der Waals surface area contributed by atoms with Crippen LogP contribution in [0.15, 0.2) is 18.3 Å². The third-order valence-corrected chi connectivity index (χ3v) is 3.47. The highest BCUT2D eigenvalue weighted by Gasteiger charge is 2.22. The molecule has 17 heavy (non-hydrogen) atoms. The predicted octanol–water partition coefficient (Wildman–Crippen LogP) is 2.55. The Morgan fingerprint density at radius 2 is 2.12 bits per heavy atom. The van der Waals surface area contributed by atoms with Crippen molar-refractivity contribution in [2.24, 2.45) is 0 Å². The van der Waals surface area contributed by atoms with Crippen molar-refractivity contribution in [3.63, 3.8) is 0 Å². The molecule has 0 saturated heterocycles. The van der Waals surface area contributed by atoms with Gasteiger partial charge in [0.15, 0.2) is 0 Å². The van der Waals surface area contributed by atoms with E-state index >= 15 is 0 Å². The fourth-order valence-corrected chi connectivity index (χ4v) is 2.49. The Morgan fingerprint density at radius 1 is 1.41 bits per heavy atom.